The van der Waals surface area contributed by atoms with Crippen molar-refractivity contribution in [2.45, 2.75) is 68.9 Å². The van der Waals surface area contributed by atoms with E-state index < -0.39 is 0 Å². The number of hydrogen-bond acceptors (Lipinski definition) is 2. The van der Waals surface area contributed by atoms with Crippen LogP contribution >= 0.6 is 23.2 Å². The number of benzene rings is 1. The van der Waals surface area contributed by atoms with Gasteiger partial charge in [0.05, 0.1) is 16.1 Å². The smallest absolute Gasteiger partial charge is 0.0693 e. The lowest BCUT2D eigenvalue weighted by Gasteiger charge is -2.39. The minimum Gasteiger partial charge on any atom is -0.392 e. The number of aliphatic hydroxyl groups excluding tert-OH is 1. The van der Waals surface area contributed by atoms with E-state index in [0.717, 1.165) is 25.8 Å². The lowest BCUT2D eigenvalue weighted by Crippen LogP contribution is -2.46. The number of hydrogen-bond donors (Lipinski definition) is 2. The molecular formula is C18H25Cl2NO. The lowest BCUT2D eigenvalue weighted by atomic mass is 9.69. The van der Waals surface area contributed by atoms with Gasteiger partial charge in [-0.15, -0.1) is 0 Å². The highest BCUT2D eigenvalue weighted by Crippen LogP contribution is 2.41. The van der Waals surface area contributed by atoms with Gasteiger partial charge in [-0.3, -0.25) is 0 Å². The van der Waals surface area contributed by atoms with Crippen molar-refractivity contribution >= 4 is 23.2 Å². The highest BCUT2D eigenvalue weighted by molar-refractivity contribution is 6.42. The van der Waals surface area contributed by atoms with Gasteiger partial charge in [-0.25, -0.2) is 0 Å². The Hall–Kier alpha value is -0.280. The topological polar surface area (TPSA) is 32.3 Å². The molecule has 2 nitrogen and oxygen atoms in total. The number of aliphatic hydroxyl groups is 1. The summed E-state index contributed by atoms with van der Waals surface area (Å²) >= 11 is 12.3. The van der Waals surface area contributed by atoms with Crippen LogP contribution in [0.4, 0.5) is 0 Å². The van der Waals surface area contributed by atoms with Crippen molar-refractivity contribution in [2.24, 2.45) is 0 Å². The fraction of sp³-hybridized carbons (Fsp3) is 0.667. The fourth-order valence-corrected chi connectivity index (χ4v) is 4.43. The van der Waals surface area contributed by atoms with Crippen LogP contribution in [-0.2, 0) is 5.41 Å². The average Bonchev–Trinajstić information content (AvgIpc) is 2.94. The van der Waals surface area contributed by atoms with E-state index in [2.05, 4.69) is 11.4 Å². The summed E-state index contributed by atoms with van der Waals surface area (Å²) in [6.45, 7) is 0.923. The average molecular weight is 342 g/mol. The first kappa shape index (κ1) is 16.6. The fourth-order valence-electron chi connectivity index (χ4n) is 4.13. The Morgan fingerprint density at radius 2 is 1.82 bits per heavy atom. The lowest BCUT2D eigenvalue weighted by molar-refractivity contribution is 0.141. The third-order valence-electron chi connectivity index (χ3n) is 5.52. The molecule has 0 heterocycles. The Kier molecular flexibility index (Phi) is 5.34. The van der Waals surface area contributed by atoms with Gasteiger partial charge in [0, 0.05) is 18.0 Å². The van der Waals surface area contributed by atoms with E-state index in [1.807, 2.05) is 12.1 Å². The molecular weight excluding hydrogens is 317 g/mol. The van der Waals surface area contributed by atoms with E-state index in [9.17, 15) is 5.11 Å². The van der Waals surface area contributed by atoms with Gasteiger partial charge in [0.25, 0.3) is 0 Å². The van der Waals surface area contributed by atoms with Crippen LogP contribution in [0.3, 0.4) is 0 Å². The molecule has 2 unspecified atom stereocenters. The molecule has 2 saturated carbocycles. The maximum absolute atomic E-state index is 10.1. The first-order chi connectivity index (χ1) is 10.6. The van der Waals surface area contributed by atoms with E-state index in [1.54, 1.807) is 0 Å². The molecule has 2 atom stereocenters. The first-order valence-electron chi connectivity index (χ1n) is 8.48. The molecule has 0 aliphatic heterocycles. The van der Waals surface area contributed by atoms with Crippen LogP contribution in [-0.4, -0.2) is 23.8 Å². The van der Waals surface area contributed by atoms with Crippen molar-refractivity contribution < 1.29 is 5.11 Å². The Morgan fingerprint density at radius 3 is 2.45 bits per heavy atom. The number of halogens is 2. The normalized spacial score (nSPS) is 28.0. The summed E-state index contributed by atoms with van der Waals surface area (Å²) in [4.78, 5) is 0. The van der Waals surface area contributed by atoms with Crippen molar-refractivity contribution in [2.75, 3.05) is 6.54 Å². The van der Waals surface area contributed by atoms with Crippen LogP contribution in [0.1, 0.15) is 56.9 Å². The van der Waals surface area contributed by atoms with Gasteiger partial charge in [0.15, 0.2) is 0 Å². The summed E-state index contributed by atoms with van der Waals surface area (Å²) in [5.74, 6) is 0. The molecule has 22 heavy (non-hydrogen) atoms. The van der Waals surface area contributed by atoms with Crippen LogP contribution in [0.2, 0.25) is 10.0 Å². The molecule has 122 valence electrons. The third kappa shape index (κ3) is 3.46. The van der Waals surface area contributed by atoms with Crippen LogP contribution in [0.25, 0.3) is 0 Å². The molecule has 0 saturated heterocycles. The summed E-state index contributed by atoms with van der Waals surface area (Å²) in [7, 11) is 0. The van der Waals surface area contributed by atoms with Gasteiger partial charge in [-0.05, 0) is 49.8 Å². The molecule has 3 rings (SSSR count). The van der Waals surface area contributed by atoms with E-state index >= 15 is 0 Å². The minimum atomic E-state index is -0.186. The second-order valence-electron chi connectivity index (χ2n) is 6.96. The van der Waals surface area contributed by atoms with Gasteiger partial charge >= 0.3 is 0 Å². The molecule has 4 heteroatoms. The van der Waals surface area contributed by atoms with Gasteiger partial charge in [0.1, 0.15) is 0 Å². The van der Waals surface area contributed by atoms with Crippen molar-refractivity contribution in [3.05, 3.63) is 33.8 Å². The van der Waals surface area contributed by atoms with Crippen molar-refractivity contribution in [1.29, 1.82) is 0 Å². The van der Waals surface area contributed by atoms with Crippen molar-refractivity contribution in [3.63, 3.8) is 0 Å². The largest absolute Gasteiger partial charge is 0.392 e. The van der Waals surface area contributed by atoms with E-state index in [4.69, 9.17) is 23.2 Å². The summed E-state index contributed by atoms with van der Waals surface area (Å²) in [5.41, 5.74) is 1.43. The van der Waals surface area contributed by atoms with Crippen LogP contribution in [0, 0.1) is 0 Å². The van der Waals surface area contributed by atoms with Gasteiger partial charge in [-0.1, -0.05) is 48.5 Å². The third-order valence-corrected chi connectivity index (χ3v) is 6.26. The number of rotatable bonds is 4. The number of nitrogens with one attached hydrogen (secondary N) is 1. The molecule has 2 aliphatic carbocycles. The van der Waals surface area contributed by atoms with Gasteiger partial charge in [-0.2, -0.15) is 0 Å². The Morgan fingerprint density at radius 1 is 1.05 bits per heavy atom. The maximum atomic E-state index is 10.1. The molecule has 0 aromatic heterocycles. The zero-order valence-corrected chi connectivity index (χ0v) is 14.5. The Bertz CT molecular complexity index is 514. The highest BCUT2D eigenvalue weighted by atomic mass is 35.5. The molecule has 2 fully saturated rings. The molecule has 0 bridgehead atoms. The highest BCUT2D eigenvalue weighted by Gasteiger charge is 2.36. The van der Waals surface area contributed by atoms with Gasteiger partial charge in [0.2, 0.25) is 0 Å². The first-order valence-corrected chi connectivity index (χ1v) is 9.23. The molecule has 2 aliphatic rings. The zero-order valence-electron chi connectivity index (χ0n) is 13.0. The van der Waals surface area contributed by atoms with Crippen LogP contribution < -0.4 is 5.32 Å². The molecule has 1 aromatic rings. The van der Waals surface area contributed by atoms with E-state index in [1.165, 1.54) is 37.7 Å². The van der Waals surface area contributed by atoms with Crippen LogP contribution in [0.15, 0.2) is 18.2 Å². The van der Waals surface area contributed by atoms with E-state index in [0.29, 0.717) is 10.0 Å². The summed E-state index contributed by atoms with van der Waals surface area (Å²) in [6.07, 6.45) is 9.14. The zero-order chi connectivity index (χ0) is 15.6. The summed E-state index contributed by atoms with van der Waals surface area (Å²) in [6, 6.07) is 6.34. The summed E-state index contributed by atoms with van der Waals surface area (Å²) in [5, 5.41) is 15.0. The molecule has 2 N–H and O–H groups in total. The SMILES string of the molecule is OC1CCCC1NCC1(c2ccc(Cl)c(Cl)c2)CCCCC1. The second kappa shape index (κ2) is 7.09. The Labute approximate surface area is 143 Å². The standard InChI is InChI=1S/C18H25Cl2NO/c19-14-8-7-13(11-15(14)20)18(9-2-1-3-10-18)12-21-16-5-4-6-17(16)22/h7-8,11,16-17,21-22H,1-6,9-10,12H2. The maximum Gasteiger partial charge on any atom is 0.0693 e. The predicted molar refractivity (Wildman–Crippen MR) is 92.9 cm³/mol. The molecule has 0 amide bonds. The molecule has 0 radical (unpaired) electrons. The quantitative estimate of drug-likeness (QED) is 0.831. The second-order valence-corrected chi connectivity index (χ2v) is 7.77. The monoisotopic (exact) mass is 341 g/mol. The van der Waals surface area contributed by atoms with Gasteiger partial charge < -0.3 is 10.4 Å². The van der Waals surface area contributed by atoms with Crippen molar-refractivity contribution in [3.8, 4) is 0 Å². The molecule has 1 aromatic carbocycles. The van der Waals surface area contributed by atoms with Crippen LogP contribution in [0.5, 0.6) is 0 Å². The summed E-state index contributed by atoms with van der Waals surface area (Å²) < 4.78 is 0. The molecule has 0 spiro atoms. The predicted octanol–water partition coefficient (Wildman–Crippen LogP) is 4.70. The minimum absolute atomic E-state index is 0.134. The Balaban J connectivity index is 1.79. The van der Waals surface area contributed by atoms with E-state index in [-0.39, 0.29) is 17.6 Å². The van der Waals surface area contributed by atoms with Crippen molar-refractivity contribution in [1.82, 2.24) is 5.32 Å².